The van der Waals surface area contributed by atoms with E-state index in [0.29, 0.717) is 24.9 Å². The van der Waals surface area contributed by atoms with Crippen molar-refractivity contribution in [2.45, 2.75) is 62.9 Å². The molecule has 0 aliphatic carbocycles. The van der Waals surface area contributed by atoms with Crippen LogP contribution < -0.4 is 27.4 Å². The van der Waals surface area contributed by atoms with Crippen LogP contribution >= 0.6 is 0 Å². The molecule has 1 rings (SSSR count). The van der Waals surface area contributed by atoms with E-state index in [-0.39, 0.29) is 12.8 Å². The third kappa shape index (κ3) is 9.83. The van der Waals surface area contributed by atoms with Crippen molar-refractivity contribution in [2.75, 3.05) is 13.2 Å². The number of aliphatic hydroxyl groups excluding tert-OH is 2. The minimum absolute atomic E-state index is 0.0346. The number of nitrogens with one attached hydrogen (secondary N) is 3. The molecule has 0 saturated carbocycles. The predicted molar refractivity (Wildman–Crippen MR) is 123 cm³/mol. The molecule has 10 N–H and O–H groups in total. The van der Waals surface area contributed by atoms with Crippen LogP contribution in [-0.4, -0.2) is 82.4 Å². The molecule has 34 heavy (non-hydrogen) atoms. The highest BCUT2D eigenvalue weighted by molar-refractivity contribution is 5.94. The lowest BCUT2D eigenvalue weighted by molar-refractivity contribution is -0.143. The Labute approximate surface area is 198 Å². The van der Waals surface area contributed by atoms with Crippen LogP contribution in [-0.2, 0) is 25.6 Å². The minimum atomic E-state index is -1.55. The highest BCUT2D eigenvalue weighted by atomic mass is 16.4. The standard InChI is InChI=1S/C22H35N5O7/c1-13(29)18(24)21(32)25-15(9-5-6-10-23)19(30)26-16(11-14-7-3-2-4-8-14)20(31)27-17(12-28)22(33)34/h2-4,7-8,13,15-18,28-29H,5-6,9-12,23-24H2,1H3,(H,25,32)(H,26,30)(H,27,31)(H,33,34). The van der Waals surface area contributed by atoms with Gasteiger partial charge in [0.1, 0.15) is 24.2 Å². The summed E-state index contributed by atoms with van der Waals surface area (Å²) in [4.78, 5) is 49.4. The van der Waals surface area contributed by atoms with Crippen molar-refractivity contribution in [1.29, 1.82) is 0 Å². The number of rotatable bonds is 15. The van der Waals surface area contributed by atoms with Crippen LogP contribution in [0.25, 0.3) is 0 Å². The fourth-order valence-corrected chi connectivity index (χ4v) is 3.04. The van der Waals surface area contributed by atoms with Crippen molar-refractivity contribution in [3.8, 4) is 0 Å². The van der Waals surface area contributed by atoms with Gasteiger partial charge in [0.15, 0.2) is 0 Å². The van der Waals surface area contributed by atoms with Gasteiger partial charge in [-0.2, -0.15) is 0 Å². The smallest absolute Gasteiger partial charge is 0.328 e. The maximum Gasteiger partial charge on any atom is 0.328 e. The molecule has 12 heteroatoms. The van der Waals surface area contributed by atoms with E-state index in [1.807, 2.05) is 0 Å². The number of amides is 3. The molecule has 0 fully saturated rings. The molecule has 12 nitrogen and oxygen atoms in total. The molecule has 5 unspecified atom stereocenters. The molecule has 0 aromatic heterocycles. The first-order valence-corrected chi connectivity index (χ1v) is 11.0. The summed E-state index contributed by atoms with van der Waals surface area (Å²) in [5, 5.41) is 35.2. The lowest BCUT2D eigenvalue weighted by Gasteiger charge is -2.25. The van der Waals surface area contributed by atoms with Gasteiger partial charge in [0.05, 0.1) is 12.7 Å². The first-order valence-electron chi connectivity index (χ1n) is 11.0. The summed E-state index contributed by atoms with van der Waals surface area (Å²) in [6, 6.07) is 3.66. The maximum atomic E-state index is 13.1. The van der Waals surface area contributed by atoms with Crippen LogP contribution in [0.4, 0.5) is 0 Å². The van der Waals surface area contributed by atoms with Crippen LogP contribution in [0.15, 0.2) is 30.3 Å². The number of benzene rings is 1. The fourth-order valence-electron chi connectivity index (χ4n) is 3.04. The van der Waals surface area contributed by atoms with E-state index < -0.39 is 60.6 Å². The number of carbonyl (C=O) groups is 4. The summed E-state index contributed by atoms with van der Waals surface area (Å²) >= 11 is 0. The number of aliphatic hydroxyl groups is 2. The van der Waals surface area contributed by atoms with Gasteiger partial charge >= 0.3 is 5.97 Å². The van der Waals surface area contributed by atoms with Gasteiger partial charge < -0.3 is 42.7 Å². The number of unbranched alkanes of at least 4 members (excludes halogenated alkanes) is 1. The van der Waals surface area contributed by atoms with Crippen molar-refractivity contribution in [2.24, 2.45) is 11.5 Å². The van der Waals surface area contributed by atoms with Gasteiger partial charge in [0.2, 0.25) is 17.7 Å². The molecule has 0 saturated heterocycles. The van der Waals surface area contributed by atoms with E-state index in [1.54, 1.807) is 30.3 Å². The van der Waals surface area contributed by atoms with Gasteiger partial charge in [-0.15, -0.1) is 0 Å². The van der Waals surface area contributed by atoms with Crippen molar-refractivity contribution in [3.63, 3.8) is 0 Å². The third-order valence-electron chi connectivity index (χ3n) is 5.12. The zero-order chi connectivity index (χ0) is 25.7. The molecule has 190 valence electrons. The second kappa shape index (κ2) is 15.0. The average Bonchev–Trinajstić information content (AvgIpc) is 2.80. The van der Waals surface area contributed by atoms with Gasteiger partial charge in [-0.05, 0) is 38.3 Å². The molecular weight excluding hydrogens is 446 g/mol. The summed E-state index contributed by atoms with van der Waals surface area (Å²) in [7, 11) is 0. The molecule has 1 aromatic rings. The summed E-state index contributed by atoms with van der Waals surface area (Å²) in [6.45, 7) is 0.891. The number of hydrogen-bond donors (Lipinski definition) is 8. The number of carbonyl (C=O) groups excluding carboxylic acids is 3. The third-order valence-corrected chi connectivity index (χ3v) is 5.12. The molecule has 0 aliphatic rings. The molecule has 0 radical (unpaired) electrons. The van der Waals surface area contributed by atoms with Crippen LogP contribution in [0, 0.1) is 0 Å². The van der Waals surface area contributed by atoms with E-state index >= 15 is 0 Å². The monoisotopic (exact) mass is 481 g/mol. The van der Waals surface area contributed by atoms with Gasteiger partial charge in [0.25, 0.3) is 0 Å². The number of nitrogens with two attached hydrogens (primary N) is 2. The predicted octanol–water partition coefficient (Wildman–Crippen LogP) is -2.40. The maximum absolute atomic E-state index is 13.1. The number of carboxylic acids is 1. The summed E-state index contributed by atoms with van der Waals surface area (Å²) < 4.78 is 0. The van der Waals surface area contributed by atoms with Gasteiger partial charge in [-0.1, -0.05) is 30.3 Å². The fraction of sp³-hybridized carbons (Fsp3) is 0.545. The number of aliphatic carboxylic acids is 1. The second-order valence-corrected chi connectivity index (χ2v) is 7.94. The summed E-state index contributed by atoms with van der Waals surface area (Å²) in [5.41, 5.74) is 11.9. The highest BCUT2D eigenvalue weighted by Gasteiger charge is 2.30. The normalized spacial score (nSPS) is 15.3. The molecule has 5 atom stereocenters. The van der Waals surface area contributed by atoms with Crippen molar-refractivity contribution in [3.05, 3.63) is 35.9 Å². The number of carboxylic acid groups (broad SMARTS) is 1. The molecule has 0 aliphatic heterocycles. The first kappa shape index (κ1) is 29.0. The summed E-state index contributed by atoms with van der Waals surface area (Å²) in [6.07, 6.45) is 0.186. The Morgan fingerprint density at radius 3 is 2.00 bits per heavy atom. The molecule has 0 spiro atoms. The second-order valence-electron chi connectivity index (χ2n) is 7.94. The van der Waals surface area contributed by atoms with Gasteiger partial charge in [-0.25, -0.2) is 4.79 Å². The Balaban J connectivity index is 3.07. The van der Waals surface area contributed by atoms with E-state index in [1.165, 1.54) is 6.92 Å². The average molecular weight is 482 g/mol. The van der Waals surface area contributed by atoms with Crippen molar-refractivity contribution < 1.29 is 34.5 Å². The quantitative estimate of drug-likeness (QED) is 0.125. The van der Waals surface area contributed by atoms with Gasteiger partial charge in [-0.3, -0.25) is 14.4 Å². The lowest BCUT2D eigenvalue weighted by atomic mass is 10.0. The Bertz CT molecular complexity index is 806. The van der Waals surface area contributed by atoms with Gasteiger partial charge in [0, 0.05) is 6.42 Å². The first-order chi connectivity index (χ1) is 16.1. The molecule has 1 aromatic carbocycles. The number of hydrogen-bond acceptors (Lipinski definition) is 8. The van der Waals surface area contributed by atoms with Crippen LogP contribution in [0.2, 0.25) is 0 Å². The van der Waals surface area contributed by atoms with E-state index in [9.17, 15) is 29.4 Å². The van der Waals surface area contributed by atoms with E-state index in [2.05, 4.69) is 16.0 Å². The molecule has 0 bridgehead atoms. The Kier molecular flexibility index (Phi) is 12.7. The highest BCUT2D eigenvalue weighted by Crippen LogP contribution is 2.07. The molecule has 3 amide bonds. The Hall–Kier alpha value is -3.06. The largest absolute Gasteiger partial charge is 0.480 e. The van der Waals surface area contributed by atoms with Crippen LogP contribution in [0.1, 0.15) is 31.7 Å². The zero-order valence-electron chi connectivity index (χ0n) is 19.1. The zero-order valence-corrected chi connectivity index (χ0v) is 19.1. The van der Waals surface area contributed by atoms with E-state index in [0.717, 1.165) is 0 Å². The Morgan fingerprint density at radius 1 is 0.912 bits per heavy atom. The summed E-state index contributed by atoms with van der Waals surface area (Å²) in [5.74, 6) is -3.67. The molecular formula is C22H35N5O7. The Morgan fingerprint density at radius 2 is 1.47 bits per heavy atom. The molecule has 0 heterocycles. The van der Waals surface area contributed by atoms with E-state index in [4.69, 9.17) is 16.6 Å². The topological polar surface area (TPSA) is 217 Å². The minimum Gasteiger partial charge on any atom is -0.480 e. The SMILES string of the molecule is CC(O)C(N)C(=O)NC(CCCCN)C(=O)NC(Cc1ccccc1)C(=O)NC(CO)C(=O)O. The van der Waals surface area contributed by atoms with Crippen LogP contribution in [0.5, 0.6) is 0 Å². The van der Waals surface area contributed by atoms with Crippen molar-refractivity contribution in [1.82, 2.24) is 16.0 Å². The van der Waals surface area contributed by atoms with Crippen LogP contribution in [0.3, 0.4) is 0 Å². The lowest BCUT2D eigenvalue weighted by Crippen LogP contribution is -2.58. The van der Waals surface area contributed by atoms with Crippen molar-refractivity contribution >= 4 is 23.7 Å².